The predicted octanol–water partition coefficient (Wildman–Crippen LogP) is 5.15. The van der Waals surface area contributed by atoms with Crippen LogP contribution in [0.4, 0.5) is 4.79 Å². The highest BCUT2D eigenvalue weighted by Crippen LogP contribution is 2.66. The Kier molecular flexibility index (Phi) is 7.13. The fraction of sp³-hybridized carbons (Fsp3) is 0.839. The Balaban J connectivity index is 1.22. The summed E-state index contributed by atoms with van der Waals surface area (Å²) in [5.41, 5.74) is -0.255. The molecule has 0 bridgehead atoms. The summed E-state index contributed by atoms with van der Waals surface area (Å²) in [6.07, 6.45) is 13.2. The lowest BCUT2D eigenvalue weighted by molar-refractivity contribution is -0.140. The summed E-state index contributed by atoms with van der Waals surface area (Å²) in [6.45, 7) is 11.7. The van der Waals surface area contributed by atoms with Crippen molar-refractivity contribution in [3.63, 3.8) is 0 Å². The Morgan fingerprint density at radius 3 is 2.58 bits per heavy atom. The molecule has 1 N–H and O–H groups in total. The highest BCUT2D eigenvalue weighted by atomic mass is 16.6. The molecule has 2 aliphatic heterocycles. The van der Waals surface area contributed by atoms with Crippen molar-refractivity contribution >= 4 is 17.9 Å². The van der Waals surface area contributed by atoms with E-state index < -0.39 is 11.7 Å². The number of likely N-dealkylation sites (tertiary alicyclic amines) is 1. The van der Waals surface area contributed by atoms with Crippen molar-refractivity contribution in [2.24, 2.45) is 34.5 Å². The molecule has 0 aromatic rings. The van der Waals surface area contributed by atoms with Crippen LogP contribution in [0, 0.1) is 34.5 Å². The third-order valence-corrected chi connectivity index (χ3v) is 11.3. The third kappa shape index (κ3) is 4.77. The van der Waals surface area contributed by atoms with Gasteiger partial charge in [0.1, 0.15) is 5.60 Å². The van der Waals surface area contributed by atoms with Gasteiger partial charge in [0, 0.05) is 44.1 Å². The van der Waals surface area contributed by atoms with Crippen molar-refractivity contribution in [2.75, 3.05) is 20.1 Å². The van der Waals surface area contributed by atoms with E-state index in [1.165, 1.54) is 25.7 Å². The average molecular weight is 528 g/mol. The zero-order valence-electron chi connectivity index (χ0n) is 24.4. The van der Waals surface area contributed by atoms with Crippen molar-refractivity contribution in [1.29, 1.82) is 0 Å². The maximum atomic E-state index is 13.6. The van der Waals surface area contributed by atoms with Crippen molar-refractivity contribution < 1.29 is 19.1 Å². The molecule has 212 valence electrons. The molecule has 8 atom stereocenters. The lowest BCUT2D eigenvalue weighted by atomic mass is 9.47. The van der Waals surface area contributed by atoms with Crippen LogP contribution in [0.15, 0.2) is 12.2 Å². The topological polar surface area (TPSA) is 79.0 Å². The standard InChI is InChI=1S/C31H49N3O4/c1-29(2,3)38-28(37)32-19-21-8-7-17-34(21)27(36)18-20-9-11-23-22-10-12-25-31(5,16-14-26(35)33(25)6)24(22)13-15-30(20,23)4/h14,16,20-25H,7-13,15,17-19H2,1-6H3,(H,32,37)/t20-,21?,22+,23+,24+,25-,30-,31-/m1/s1. The van der Waals surface area contributed by atoms with Crippen LogP contribution in [-0.4, -0.2) is 65.5 Å². The number of nitrogens with one attached hydrogen (secondary N) is 1. The van der Waals surface area contributed by atoms with Crippen molar-refractivity contribution in [3.05, 3.63) is 12.2 Å². The van der Waals surface area contributed by atoms with Gasteiger partial charge in [-0.25, -0.2) is 4.79 Å². The summed E-state index contributed by atoms with van der Waals surface area (Å²) < 4.78 is 5.39. The zero-order chi connectivity index (χ0) is 27.5. The van der Waals surface area contributed by atoms with E-state index in [0.29, 0.717) is 42.7 Å². The molecule has 7 nitrogen and oxygen atoms in total. The summed E-state index contributed by atoms with van der Waals surface area (Å²) in [5, 5.41) is 2.89. The molecular weight excluding hydrogens is 478 g/mol. The first-order valence-corrected chi connectivity index (χ1v) is 15.1. The molecular formula is C31H49N3O4. The van der Waals surface area contributed by atoms with E-state index in [9.17, 15) is 14.4 Å². The van der Waals surface area contributed by atoms with Gasteiger partial charge in [0.2, 0.25) is 11.8 Å². The normalized spacial score (nSPS) is 40.4. The summed E-state index contributed by atoms with van der Waals surface area (Å²) in [6, 6.07) is 0.370. The van der Waals surface area contributed by atoms with E-state index >= 15 is 0 Å². The molecule has 1 unspecified atom stereocenters. The van der Waals surface area contributed by atoms with E-state index in [1.54, 1.807) is 0 Å². The summed E-state index contributed by atoms with van der Waals surface area (Å²) in [4.78, 5) is 42.2. The minimum atomic E-state index is -0.528. The van der Waals surface area contributed by atoms with Crippen LogP contribution in [0.1, 0.15) is 92.4 Å². The minimum absolute atomic E-state index is 0.0591. The van der Waals surface area contributed by atoms with Crippen LogP contribution in [0.3, 0.4) is 0 Å². The lowest BCUT2D eigenvalue weighted by Crippen LogP contribution is -2.59. The van der Waals surface area contributed by atoms with Gasteiger partial charge in [-0.05, 0) is 107 Å². The van der Waals surface area contributed by atoms with Gasteiger partial charge in [0.25, 0.3) is 0 Å². The molecule has 5 aliphatic rings. The number of amides is 3. The second-order valence-corrected chi connectivity index (χ2v) is 14.4. The Bertz CT molecular complexity index is 988. The number of fused-ring (bicyclic) bond motifs is 5. The number of carbonyl (C=O) groups excluding carboxylic acids is 3. The Hall–Kier alpha value is -2.05. The van der Waals surface area contributed by atoms with Crippen LogP contribution in [0.25, 0.3) is 0 Å². The Labute approximate surface area is 229 Å². The van der Waals surface area contributed by atoms with Crippen molar-refractivity contribution in [2.45, 2.75) is 110 Å². The number of hydrogen-bond acceptors (Lipinski definition) is 4. The van der Waals surface area contributed by atoms with Crippen LogP contribution in [0.2, 0.25) is 0 Å². The smallest absolute Gasteiger partial charge is 0.407 e. The summed E-state index contributed by atoms with van der Waals surface area (Å²) in [7, 11) is 1.98. The van der Waals surface area contributed by atoms with Gasteiger partial charge in [0.05, 0.1) is 0 Å². The summed E-state index contributed by atoms with van der Waals surface area (Å²) in [5.74, 6) is 2.79. The first kappa shape index (κ1) is 27.5. The molecule has 5 rings (SSSR count). The van der Waals surface area contributed by atoms with E-state index in [0.717, 1.165) is 32.2 Å². The molecule has 7 heteroatoms. The van der Waals surface area contributed by atoms with Gasteiger partial charge in [0.15, 0.2) is 0 Å². The van der Waals surface area contributed by atoms with Crippen LogP contribution in [0.5, 0.6) is 0 Å². The van der Waals surface area contributed by atoms with Gasteiger partial charge in [-0.1, -0.05) is 19.9 Å². The maximum Gasteiger partial charge on any atom is 0.407 e. The molecule has 38 heavy (non-hydrogen) atoms. The number of rotatable bonds is 4. The third-order valence-electron chi connectivity index (χ3n) is 11.3. The molecule has 1 saturated heterocycles. The number of likely N-dealkylation sites (N-methyl/N-ethyl adjacent to an activating group) is 1. The average Bonchev–Trinajstić information content (AvgIpc) is 3.44. The van der Waals surface area contributed by atoms with Crippen LogP contribution < -0.4 is 5.32 Å². The molecule has 0 radical (unpaired) electrons. The highest BCUT2D eigenvalue weighted by molar-refractivity contribution is 5.89. The van der Waals surface area contributed by atoms with Gasteiger partial charge in [-0.15, -0.1) is 0 Å². The SMILES string of the molecule is CN1C(=O)C=C[C@]2(C)[C@H]3CC[C@]4(C)[C@@H](CC(=O)N5CCCC5CNC(=O)OC(C)(C)C)CC[C@H]4[C@@H]3CC[C@@H]12. The monoisotopic (exact) mass is 527 g/mol. The molecule has 4 fully saturated rings. The van der Waals surface area contributed by atoms with Gasteiger partial charge in [-0.2, -0.15) is 0 Å². The van der Waals surface area contributed by atoms with Crippen LogP contribution >= 0.6 is 0 Å². The molecule has 3 saturated carbocycles. The van der Waals surface area contributed by atoms with Crippen molar-refractivity contribution in [3.8, 4) is 0 Å². The minimum Gasteiger partial charge on any atom is -0.444 e. The lowest BCUT2D eigenvalue weighted by Gasteiger charge is -2.60. The Morgan fingerprint density at radius 1 is 1.08 bits per heavy atom. The van der Waals surface area contributed by atoms with Gasteiger partial charge >= 0.3 is 6.09 Å². The van der Waals surface area contributed by atoms with E-state index in [4.69, 9.17) is 4.74 Å². The van der Waals surface area contributed by atoms with Crippen molar-refractivity contribution in [1.82, 2.24) is 15.1 Å². The zero-order valence-corrected chi connectivity index (χ0v) is 24.4. The number of alkyl carbamates (subject to hydrolysis) is 1. The molecule has 3 amide bonds. The van der Waals surface area contributed by atoms with Gasteiger partial charge < -0.3 is 19.9 Å². The molecule has 0 spiro atoms. The maximum absolute atomic E-state index is 13.6. The second-order valence-electron chi connectivity index (χ2n) is 14.4. The number of carbonyl (C=O) groups is 3. The second kappa shape index (κ2) is 9.85. The largest absolute Gasteiger partial charge is 0.444 e. The first-order valence-electron chi connectivity index (χ1n) is 15.1. The predicted molar refractivity (Wildman–Crippen MR) is 147 cm³/mol. The fourth-order valence-corrected chi connectivity index (χ4v) is 9.40. The Morgan fingerprint density at radius 2 is 1.84 bits per heavy atom. The number of ether oxygens (including phenoxy) is 1. The number of hydrogen-bond donors (Lipinski definition) is 1. The molecule has 3 aliphatic carbocycles. The van der Waals surface area contributed by atoms with Crippen LogP contribution in [-0.2, 0) is 14.3 Å². The number of nitrogens with zero attached hydrogens (tertiary/aromatic N) is 2. The highest BCUT2D eigenvalue weighted by Gasteiger charge is 2.60. The quantitative estimate of drug-likeness (QED) is 0.549. The molecule has 0 aromatic carbocycles. The first-order chi connectivity index (χ1) is 17.8. The molecule has 2 heterocycles. The van der Waals surface area contributed by atoms with Gasteiger partial charge in [-0.3, -0.25) is 9.59 Å². The molecule has 0 aromatic heterocycles. The van der Waals surface area contributed by atoms with E-state index in [-0.39, 0.29) is 28.7 Å². The summed E-state index contributed by atoms with van der Waals surface area (Å²) >= 11 is 0. The van der Waals surface area contributed by atoms with E-state index in [2.05, 4.69) is 25.2 Å². The van der Waals surface area contributed by atoms with E-state index in [1.807, 2.05) is 43.7 Å². The fourth-order valence-electron chi connectivity index (χ4n) is 9.40.